The van der Waals surface area contributed by atoms with Gasteiger partial charge in [-0.15, -0.1) is 0 Å². The zero-order chi connectivity index (χ0) is 7.56. The van der Waals surface area contributed by atoms with Gasteiger partial charge in [-0.3, -0.25) is 4.98 Å². The number of pyridine rings is 1. The molecule has 1 nitrogen and oxygen atoms in total. The molecule has 0 fully saturated rings. The van der Waals surface area contributed by atoms with Gasteiger partial charge in [-0.2, -0.15) is 0 Å². The van der Waals surface area contributed by atoms with E-state index >= 15 is 0 Å². The summed E-state index contributed by atoms with van der Waals surface area (Å²) < 4.78 is 24.8. The number of rotatable bonds is 1. The minimum Gasteiger partial charge on any atom is -0.257 e. The third-order valence-electron chi connectivity index (χ3n) is 1.00. The van der Waals surface area contributed by atoms with Gasteiger partial charge in [-0.25, -0.2) is 8.78 Å². The van der Waals surface area contributed by atoms with E-state index in [4.69, 9.17) is 0 Å². The van der Waals surface area contributed by atoms with Crippen molar-refractivity contribution in [3.05, 3.63) is 27.3 Å². The van der Waals surface area contributed by atoms with E-state index in [-0.39, 0.29) is 5.69 Å². The van der Waals surface area contributed by atoms with Gasteiger partial charge < -0.3 is 0 Å². The van der Waals surface area contributed by atoms with Crippen LogP contribution in [0.4, 0.5) is 8.78 Å². The highest BCUT2D eigenvalue weighted by Gasteiger charge is 2.00. The molecule has 0 spiro atoms. The molecule has 54 valence electrons. The largest absolute Gasteiger partial charge is 0.257 e. The molecule has 0 aliphatic carbocycles. The van der Waals surface area contributed by atoms with Crippen LogP contribution < -0.4 is 0 Å². The molecule has 1 heterocycles. The molecule has 0 N–H and O–H groups in total. The SMILES string of the molecule is FCc1cc(F)c(I)cn1. The Morgan fingerprint density at radius 3 is 2.80 bits per heavy atom. The molecule has 0 aliphatic rings. The highest BCUT2D eigenvalue weighted by Crippen LogP contribution is 2.10. The van der Waals surface area contributed by atoms with Crippen molar-refractivity contribution in [1.82, 2.24) is 4.98 Å². The van der Waals surface area contributed by atoms with E-state index < -0.39 is 12.5 Å². The van der Waals surface area contributed by atoms with Gasteiger partial charge in [0, 0.05) is 6.20 Å². The summed E-state index contributed by atoms with van der Waals surface area (Å²) in [5.74, 6) is -0.414. The minimum absolute atomic E-state index is 0.137. The predicted molar refractivity (Wildman–Crippen MR) is 41.7 cm³/mol. The Morgan fingerprint density at radius 2 is 2.30 bits per heavy atom. The second-order valence-electron chi connectivity index (χ2n) is 1.72. The normalized spacial score (nSPS) is 9.90. The Hall–Kier alpha value is -0.260. The summed E-state index contributed by atoms with van der Waals surface area (Å²) >= 11 is 1.80. The van der Waals surface area contributed by atoms with Gasteiger partial charge >= 0.3 is 0 Å². The predicted octanol–water partition coefficient (Wildman–Crippen LogP) is 2.29. The fourth-order valence-electron chi connectivity index (χ4n) is 0.527. The van der Waals surface area contributed by atoms with Crippen molar-refractivity contribution in [2.45, 2.75) is 6.67 Å². The molecule has 1 rings (SSSR count). The lowest BCUT2D eigenvalue weighted by molar-refractivity contribution is 0.472. The van der Waals surface area contributed by atoms with Crippen molar-refractivity contribution in [1.29, 1.82) is 0 Å². The highest BCUT2D eigenvalue weighted by atomic mass is 127. The van der Waals surface area contributed by atoms with Gasteiger partial charge in [0.05, 0.1) is 9.26 Å². The maximum Gasteiger partial charge on any atom is 0.139 e. The highest BCUT2D eigenvalue weighted by molar-refractivity contribution is 14.1. The smallest absolute Gasteiger partial charge is 0.139 e. The first-order valence-electron chi connectivity index (χ1n) is 2.60. The third kappa shape index (κ3) is 1.62. The van der Waals surface area contributed by atoms with Gasteiger partial charge in [-0.05, 0) is 28.7 Å². The first-order chi connectivity index (χ1) is 4.74. The Balaban J connectivity index is 3.04. The summed E-state index contributed by atoms with van der Waals surface area (Å²) in [6.45, 7) is -0.714. The van der Waals surface area contributed by atoms with Gasteiger partial charge in [0.15, 0.2) is 0 Å². The summed E-state index contributed by atoms with van der Waals surface area (Å²) in [5, 5.41) is 0. The van der Waals surface area contributed by atoms with E-state index in [1.807, 2.05) is 0 Å². The van der Waals surface area contributed by atoms with Crippen LogP contribution in [-0.4, -0.2) is 4.98 Å². The van der Waals surface area contributed by atoms with Crippen LogP contribution in [0.2, 0.25) is 0 Å². The molecule has 0 aliphatic heterocycles. The first-order valence-corrected chi connectivity index (χ1v) is 3.68. The lowest BCUT2D eigenvalue weighted by Gasteiger charge is -1.94. The van der Waals surface area contributed by atoms with Crippen molar-refractivity contribution in [2.75, 3.05) is 0 Å². The molecule has 0 saturated heterocycles. The second-order valence-corrected chi connectivity index (χ2v) is 2.89. The minimum atomic E-state index is -0.714. The van der Waals surface area contributed by atoms with Crippen molar-refractivity contribution in [2.24, 2.45) is 0 Å². The van der Waals surface area contributed by atoms with Crippen LogP contribution in [0.25, 0.3) is 0 Å². The molecule has 0 atom stereocenters. The van der Waals surface area contributed by atoms with E-state index in [1.54, 1.807) is 22.6 Å². The van der Waals surface area contributed by atoms with Crippen molar-refractivity contribution >= 4 is 22.6 Å². The standard InChI is InChI=1S/C6H4F2IN/c7-2-4-1-5(8)6(9)3-10-4/h1,3H,2H2. The maximum absolute atomic E-state index is 12.6. The fourth-order valence-corrected chi connectivity index (χ4v) is 0.822. The molecule has 1 aromatic rings. The van der Waals surface area contributed by atoms with Gasteiger partial charge in [0.2, 0.25) is 0 Å². The Kier molecular flexibility index (Phi) is 2.53. The molecule has 0 radical (unpaired) electrons. The summed E-state index contributed by atoms with van der Waals surface area (Å²) in [5.41, 5.74) is 0.137. The van der Waals surface area contributed by atoms with E-state index in [0.29, 0.717) is 3.57 Å². The summed E-state index contributed by atoms with van der Waals surface area (Å²) in [6.07, 6.45) is 1.31. The van der Waals surface area contributed by atoms with E-state index in [1.165, 1.54) is 6.20 Å². The zero-order valence-corrected chi connectivity index (χ0v) is 7.10. The Labute approximate surface area is 70.6 Å². The van der Waals surface area contributed by atoms with E-state index in [9.17, 15) is 8.78 Å². The molecule has 0 unspecified atom stereocenters. The molecular weight excluding hydrogens is 251 g/mol. The molecule has 0 aromatic carbocycles. The molecule has 1 aromatic heterocycles. The Bertz CT molecular complexity index is 239. The number of alkyl halides is 1. The van der Waals surface area contributed by atoms with Gasteiger partial charge in [0.1, 0.15) is 12.5 Å². The monoisotopic (exact) mass is 255 g/mol. The maximum atomic E-state index is 12.6. The third-order valence-corrected chi connectivity index (χ3v) is 1.80. The number of halogens is 3. The number of hydrogen-bond donors (Lipinski definition) is 0. The summed E-state index contributed by atoms with van der Waals surface area (Å²) in [6, 6.07) is 1.10. The average molecular weight is 255 g/mol. The molecule has 0 bridgehead atoms. The molecular formula is C6H4F2IN. The van der Waals surface area contributed by atoms with Crippen LogP contribution in [0, 0.1) is 9.39 Å². The average Bonchev–Trinajstić information content (AvgIpc) is 1.95. The van der Waals surface area contributed by atoms with Crippen molar-refractivity contribution in [3.63, 3.8) is 0 Å². The first kappa shape index (κ1) is 7.84. The Morgan fingerprint density at radius 1 is 1.60 bits per heavy atom. The van der Waals surface area contributed by atoms with Gasteiger partial charge in [0.25, 0.3) is 0 Å². The zero-order valence-electron chi connectivity index (χ0n) is 4.94. The molecule has 10 heavy (non-hydrogen) atoms. The summed E-state index contributed by atoms with van der Waals surface area (Å²) in [4.78, 5) is 3.64. The van der Waals surface area contributed by atoms with E-state index in [0.717, 1.165) is 6.07 Å². The number of hydrogen-bond acceptors (Lipinski definition) is 1. The number of nitrogens with zero attached hydrogens (tertiary/aromatic N) is 1. The van der Waals surface area contributed by atoms with Crippen LogP contribution in [0.1, 0.15) is 5.69 Å². The summed E-state index contributed by atoms with van der Waals surface area (Å²) in [7, 11) is 0. The lowest BCUT2D eigenvalue weighted by Crippen LogP contribution is -1.89. The topological polar surface area (TPSA) is 12.9 Å². The van der Waals surface area contributed by atoms with Gasteiger partial charge in [-0.1, -0.05) is 0 Å². The fraction of sp³-hybridized carbons (Fsp3) is 0.167. The van der Waals surface area contributed by atoms with Crippen molar-refractivity contribution < 1.29 is 8.78 Å². The lowest BCUT2D eigenvalue weighted by atomic mass is 10.4. The molecule has 4 heteroatoms. The van der Waals surface area contributed by atoms with Crippen LogP contribution in [0.3, 0.4) is 0 Å². The quantitative estimate of drug-likeness (QED) is 0.701. The van der Waals surface area contributed by atoms with E-state index in [2.05, 4.69) is 4.98 Å². The molecule has 0 saturated carbocycles. The van der Waals surface area contributed by atoms with Crippen molar-refractivity contribution in [3.8, 4) is 0 Å². The van der Waals surface area contributed by atoms with Crippen LogP contribution >= 0.6 is 22.6 Å². The van der Waals surface area contributed by atoms with Crippen LogP contribution in [-0.2, 0) is 6.67 Å². The second kappa shape index (κ2) is 3.23. The number of aromatic nitrogens is 1. The van der Waals surface area contributed by atoms with Crippen LogP contribution in [0.15, 0.2) is 12.3 Å². The molecule has 0 amide bonds. The van der Waals surface area contributed by atoms with Crippen LogP contribution in [0.5, 0.6) is 0 Å².